The molecule has 1 heterocycles. The number of benzene rings is 1. The number of hydrogen-bond acceptors (Lipinski definition) is 4. The van der Waals surface area contributed by atoms with Crippen LogP contribution in [0.2, 0.25) is 0 Å². The van der Waals surface area contributed by atoms with Crippen LogP contribution in [0.15, 0.2) is 29.3 Å². The summed E-state index contributed by atoms with van der Waals surface area (Å²) in [4.78, 5) is 6.27. The molecule has 1 saturated heterocycles. The van der Waals surface area contributed by atoms with Crippen molar-refractivity contribution in [3.63, 3.8) is 0 Å². The molecule has 6 nitrogen and oxygen atoms in total. The maximum Gasteiger partial charge on any atom is 0.251 e. The fourth-order valence-electron chi connectivity index (χ4n) is 3.10. The van der Waals surface area contributed by atoms with Crippen molar-refractivity contribution in [1.82, 2.24) is 15.5 Å². The van der Waals surface area contributed by atoms with Crippen molar-refractivity contribution in [1.29, 1.82) is 0 Å². The molecule has 0 saturated carbocycles. The first-order valence-electron chi connectivity index (χ1n) is 9.39. The standard InChI is InChI=1S/C19H30F2N4O2/c1-3-22-19(24-15-7-9-25(10-8-15)13-18(20)21)23-12-17(26)14-5-4-6-16(11-14)27-2/h4-6,11,15,17-18,26H,3,7-10,12-13H2,1-2H3,(H2,22,23,24). The second-order valence-electron chi connectivity index (χ2n) is 6.62. The molecule has 0 aromatic heterocycles. The van der Waals surface area contributed by atoms with Gasteiger partial charge in [-0.15, -0.1) is 0 Å². The number of alkyl halides is 2. The molecular weight excluding hydrogens is 354 g/mol. The van der Waals surface area contributed by atoms with E-state index in [2.05, 4.69) is 15.6 Å². The van der Waals surface area contributed by atoms with Crippen molar-refractivity contribution >= 4 is 5.96 Å². The van der Waals surface area contributed by atoms with Gasteiger partial charge in [0.25, 0.3) is 6.43 Å². The number of likely N-dealkylation sites (tertiary alicyclic amines) is 1. The topological polar surface area (TPSA) is 69.1 Å². The summed E-state index contributed by atoms with van der Waals surface area (Å²) in [6, 6.07) is 7.47. The lowest BCUT2D eigenvalue weighted by molar-refractivity contribution is 0.0744. The van der Waals surface area contributed by atoms with Crippen LogP contribution in [0.4, 0.5) is 8.78 Å². The van der Waals surface area contributed by atoms with Gasteiger partial charge in [0.15, 0.2) is 5.96 Å². The summed E-state index contributed by atoms with van der Waals surface area (Å²) in [6.45, 7) is 4.02. The highest BCUT2D eigenvalue weighted by molar-refractivity contribution is 5.80. The van der Waals surface area contributed by atoms with Gasteiger partial charge in [-0.2, -0.15) is 0 Å². The molecule has 27 heavy (non-hydrogen) atoms. The monoisotopic (exact) mass is 384 g/mol. The summed E-state index contributed by atoms with van der Waals surface area (Å²) < 4.78 is 30.1. The zero-order chi connectivity index (χ0) is 19.6. The molecule has 8 heteroatoms. The third-order valence-electron chi connectivity index (χ3n) is 4.57. The smallest absolute Gasteiger partial charge is 0.251 e. The van der Waals surface area contributed by atoms with E-state index in [4.69, 9.17) is 4.74 Å². The molecule has 1 unspecified atom stereocenters. The molecule has 3 N–H and O–H groups in total. The number of ether oxygens (including phenoxy) is 1. The van der Waals surface area contributed by atoms with Crippen molar-refractivity contribution in [3.05, 3.63) is 29.8 Å². The number of halogens is 2. The van der Waals surface area contributed by atoms with Gasteiger partial charge < -0.3 is 20.5 Å². The number of nitrogens with zero attached hydrogens (tertiary/aromatic N) is 2. The Kier molecular flexibility index (Phi) is 8.74. The van der Waals surface area contributed by atoms with E-state index in [1.54, 1.807) is 18.1 Å². The Morgan fingerprint density at radius 1 is 1.37 bits per heavy atom. The molecule has 1 atom stereocenters. The van der Waals surface area contributed by atoms with E-state index in [0.717, 1.165) is 18.4 Å². The van der Waals surface area contributed by atoms with Crippen molar-refractivity contribution in [2.45, 2.75) is 38.3 Å². The minimum Gasteiger partial charge on any atom is -0.497 e. The average molecular weight is 384 g/mol. The van der Waals surface area contributed by atoms with Gasteiger partial charge in [0, 0.05) is 25.7 Å². The fraction of sp³-hybridized carbons (Fsp3) is 0.632. The number of guanidine groups is 1. The summed E-state index contributed by atoms with van der Waals surface area (Å²) in [7, 11) is 1.59. The second kappa shape index (κ2) is 11.0. The molecule has 1 aliphatic rings. The molecule has 0 spiro atoms. The van der Waals surface area contributed by atoms with Crippen molar-refractivity contribution < 1.29 is 18.6 Å². The summed E-state index contributed by atoms with van der Waals surface area (Å²) in [6.07, 6.45) is -1.44. The van der Waals surface area contributed by atoms with Crippen LogP contribution in [0.3, 0.4) is 0 Å². The Morgan fingerprint density at radius 2 is 2.11 bits per heavy atom. The Bertz CT molecular complexity index is 593. The number of aliphatic hydroxyl groups is 1. The van der Waals surface area contributed by atoms with E-state index >= 15 is 0 Å². The maximum absolute atomic E-state index is 12.5. The molecule has 0 bridgehead atoms. The average Bonchev–Trinajstić information content (AvgIpc) is 2.67. The number of hydrogen-bond donors (Lipinski definition) is 3. The van der Waals surface area contributed by atoms with Gasteiger partial charge in [0.05, 0.1) is 26.3 Å². The number of piperidine rings is 1. The molecule has 152 valence electrons. The molecule has 2 rings (SSSR count). The van der Waals surface area contributed by atoms with E-state index in [1.165, 1.54) is 0 Å². The first-order chi connectivity index (χ1) is 13.0. The quantitative estimate of drug-likeness (QED) is 0.473. The van der Waals surface area contributed by atoms with Gasteiger partial charge in [0.1, 0.15) is 5.75 Å². The van der Waals surface area contributed by atoms with E-state index in [-0.39, 0.29) is 19.1 Å². The molecule has 0 radical (unpaired) electrons. The minimum atomic E-state index is -2.29. The van der Waals surface area contributed by atoms with E-state index in [9.17, 15) is 13.9 Å². The zero-order valence-corrected chi connectivity index (χ0v) is 16.0. The van der Waals surface area contributed by atoms with Gasteiger partial charge >= 0.3 is 0 Å². The van der Waals surface area contributed by atoms with E-state index in [1.807, 2.05) is 25.1 Å². The summed E-state index contributed by atoms with van der Waals surface area (Å²) in [5.74, 6) is 1.32. The fourth-order valence-corrected chi connectivity index (χ4v) is 3.10. The largest absolute Gasteiger partial charge is 0.497 e. The first-order valence-corrected chi connectivity index (χ1v) is 9.39. The normalized spacial score (nSPS) is 17.8. The molecule has 1 fully saturated rings. The van der Waals surface area contributed by atoms with Crippen LogP contribution in [0.1, 0.15) is 31.4 Å². The van der Waals surface area contributed by atoms with Gasteiger partial charge in [-0.3, -0.25) is 9.89 Å². The van der Waals surface area contributed by atoms with Gasteiger partial charge in [-0.25, -0.2) is 8.78 Å². The molecule has 1 aliphatic heterocycles. The summed E-state index contributed by atoms with van der Waals surface area (Å²) in [5, 5.41) is 16.9. The van der Waals surface area contributed by atoms with Gasteiger partial charge in [-0.1, -0.05) is 12.1 Å². The number of nitrogens with one attached hydrogen (secondary N) is 2. The van der Waals surface area contributed by atoms with Crippen molar-refractivity contribution in [2.75, 3.05) is 39.8 Å². The Labute approximate surface area is 159 Å². The van der Waals surface area contributed by atoms with Gasteiger partial charge in [-0.05, 0) is 37.5 Å². The summed E-state index contributed by atoms with van der Waals surface area (Å²) in [5.41, 5.74) is 0.745. The highest BCUT2D eigenvalue weighted by Crippen LogP contribution is 2.19. The first kappa shape index (κ1) is 21.4. The van der Waals surface area contributed by atoms with Crippen LogP contribution in [0.5, 0.6) is 5.75 Å². The Balaban J connectivity index is 1.88. The predicted molar refractivity (Wildman–Crippen MR) is 103 cm³/mol. The minimum absolute atomic E-state index is 0.159. The van der Waals surface area contributed by atoms with Crippen LogP contribution in [0.25, 0.3) is 0 Å². The van der Waals surface area contributed by atoms with Crippen molar-refractivity contribution in [2.24, 2.45) is 4.99 Å². The predicted octanol–water partition coefficient (Wildman–Crippen LogP) is 2.01. The molecule has 0 aliphatic carbocycles. The number of rotatable bonds is 8. The third-order valence-corrected chi connectivity index (χ3v) is 4.57. The van der Waals surface area contributed by atoms with Gasteiger partial charge in [0.2, 0.25) is 0 Å². The van der Waals surface area contributed by atoms with E-state index < -0.39 is 12.5 Å². The highest BCUT2D eigenvalue weighted by Gasteiger charge is 2.22. The second-order valence-corrected chi connectivity index (χ2v) is 6.62. The lowest BCUT2D eigenvalue weighted by atomic mass is 10.1. The summed E-state index contributed by atoms with van der Waals surface area (Å²) >= 11 is 0. The highest BCUT2D eigenvalue weighted by atomic mass is 19.3. The Hall–Kier alpha value is -1.93. The van der Waals surface area contributed by atoms with Crippen LogP contribution in [-0.4, -0.2) is 68.3 Å². The van der Waals surface area contributed by atoms with Crippen LogP contribution >= 0.6 is 0 Å². The Morgan fingerprint density at radius 3 is 2.74 bits per heavy atom. The maximum atomic E-state index is 12.5. The van der Waals surface area contributed by atoms with Crippen LogP contribution in [-0.2, 0) is 0 Å². The molecule has 1 aromatic rings. The van der Waals surface area contributed by atoms with Crippen LogP contribution in [0, 0.1) is 0 Å². The molecular formula is C19H30F2N4O2. The van der Waals surface area contributed by atoms with E-state index in [0.29, 0.717) is 31.3 Å². The molecule has 1 aromatic carbocycles. The number of aliphatic hydroxyl groups excluding tert-OH is 1. The van der Waals surface area contributed by atoms with Crippen molar-refractivity contribution in [3.8, 4) is 5.75 Å². The zero-order valence-electron chi connectivity index (χ0n) is 16.0. The lowest BCUT2D eigenvalue weighted by Crippen LogP contribution is -2.49. The van der Waals surface area contributed by atoms with Crippen LogP contribution < -0.4 is 15.4 Å². The SMILES string of the molecule is CCNC(=NCC(O)c1cccc(OC)c1)NC1CCN(CC(F)F)CC1. The third kappa shape index (κ3) is 7.30. The molecule has 0 amide bonds. The number of methoxy groups -OCH3 is 1. The number of aliphatic imine (C=N–C) groups is 1. The lowest BCUT2D eigenvalue weighted by Gasteiger charge is -2.32.